The van der Waals surface area contributed by atoms with Gasteiger partial charge in [-0.2, -0.15) is 11.8 Å². The largest absolute Gasteiger partial charge is 0.369 e. The van der Waals surface area contributed by atoms with Crippen molar-refractivity contribution < 1.29 is 4.79 Å². The zero-order valence-corrected chi connectivity index (χ0v) is 8.03. The molecule has 0 bridgehead atoms. The minimum Gasteiger partial charge on any atom is -0.369 e. The second kappa shape index (κ2) is 5.43. The van der Waals surface area contributed by atoms with Crippen molar-refractivity contribution in [3.8, 4) is 0 Å². The van der Waals surface area contributed by atoms with Gasteiger partial charge in [0.05, 0.1) is 6.54 Å². The molecule has 3 N–H and O–H groups in total. The highest BCUT2D eigenvalue weighted by atomic mass is 32.2. The van der Waals surface area contributed by atoms with Gasteiger partial charge in [-0.05, 0) is 36.8 Å². The third-order valence-corrected chi connectivity index (χ3v) is 3.12. The van der Waals surface area contributed by atoms with Gasteiger partial charge in [-0.15, -0.1) is 0 Å². The van der Waals surface area contributed by atoms with Gasteiger partial charge in [0.2, 0.25) is 5.91 Å². The molecule has 0 aromatic rings. The van der Waals surface area contributed by atoms with E-state index in [0.29, 0.717) is 6.54 Å². The van der Waals surface area contributed by atoms with Crippen molar-refractivity contribution in [2.24, 2.45) is 11.7 Å². The number of hydrogen-bond donors (Lipinski definition) is 2. The SMILES string of the molecule is NC(=O)CNCC1CCSCC1. The van der Waals surface area contributed by atoms with Gasteiger partial charge in [-0.25, -0.2) is 0 Å². The average molecular weight is 188 g/mol. The number of primary amides is 1. The van der Waals surface area contributed by atoms with Gasteiger partial charge in [0.25, 0.3) is 0 Å². The number of amides is 1. The lowest BCUT2D eigenvalue weighted by Gasteiger charge is -2.21. The van der Waals surface area contributed by atoms with Crippen LogP contribution in [0.25, 0.3) is 0 Å². The van der Waals surface area contributed by atoms with Crippen LogP contribution in [0.5, 0.6) is 0 Å². The van der Waals surface area contributed by atoms with Crippen LogP contribution in [-0.2, 0) is 4.79 Å². The highest BCUT2D eigenvalue weighted by Gasteiger charge is 2.12. The molecule has 0 spiro atoms. The topological polar surface area (TPSA) is 55.1 Å². The number of nitrogens with two attached hydrogens (primary N) is 1. The van der Waals surface area contributed by atoms with E-state index in [1.165, 1.54) is 24.3 Å². The third kappa shape index (κ3) is 3.97. The van der Waals surface area contributed by atoms with Crippen molar-refractivity contribution in [2.45, 2.75) is 12.8 Å². The van der Waals surface area contributed by atoms with Gasteiger partial charge in [0.1, 0.15) is 0 Å². The summed E-state index contributed by atoms with van der Waals surface area (Å²) in [6.45, 7) is 1.27. The van der Waals surface area contributed by atoms with Crippen molar-refractivity contribution in [3.05, 3.63) is 0 Å². The molecule has 0 aromatic heterocycles. The van der Waals surface area contributed by atoms with Crippen molar-refractivity contribution in [1.82, 2.24) is 5.32 Å². The fraction of sp³-hybridized carbons (Fsp3) is 0.875. The van der Waals surface area contributed by atoms with Crippen LogP contribution in [-0.4, -0.2) is 30.5 Å². The Bertz CT molecular complexity index is 146. The molecule has 1 fully saturated rings. The number of carbonyl (C=O) groups excluding carboxylic acids is 1. The van der Waals surface area contributed by atoms with E-state index >= 15 is 0 Å². The van der Waals surface area contributed by atoms with Gasteiger partial charge >= 0.3 is 0 Å². The molecule has 0 radical (unpaired) electrons. The molecule has 1 rings (SSSR count). The van der Waals surface area contributed by atoms with E-state index in [1.807, 2.05) is 11.8 Å². The molecule has 0 aliphatic carbocycles. The first-order chi connectivity index (χ1) is 5.79. The number of hydrogen-bond acceptors (Lipinski definition) is 3. The molecule has 1 aliphatic rings. The summed E-state index contributed by atoms with van der Waals surface area (Å²) in [6, 6.07) is 0. The minimum absolute atomic E-state index is 0.264. The molecule has 0 unspecified atom stereocenters. The highest BCUT2D eigenvalue weighted by Crippen LogP contribution is 2.21. The number of carbonyl (C=O) groups is 1. The Hall–Kier alpha value is -0.220. The van der Waals surface area contributed by atoms with E-state index in [4.69, 9.17) is 5.73 Å². The molecule has 3 nitrogen and oxygen atoms in total. The molecule has 1 saturated heterocycles. The van der Waals surface area contributed by atoms with Gasteiger partial charge in [-0.3, -0.25) is 4.79 Å². The third-order valence-electron chi connectivity index (χ3n) is 2.07. The van der Waals surface area contributed by atoms with Crippen LogP contribution in [0.15, 0.2) is 0 Å². The molecular weight excluding hydrogens is 172 g/mol. The standard InChI is InChI=1S/C8H16N2OS/c9-8(11)6-10-5-7-1-3-12-4-2-7/h7,10H,1-6H2,(H2,9,11). The molecule has 1 heterocycles. The fourth-order valence-corrected chi connectivity index (χ4v) is 2.55. The van der Waals surface area contributed by atoms with Gasteiger partial charge in [-0.1, -0.05) is 0 Å². The molecule has 12 heavy (non-hydrogen) atoms. The number of nitrogens with one attached hydrogen (secondary N) is 1. The van der Waals surface area contributed by atoms with Crippen LogP contribution in [0.4, 0.5) is 0 Å². The van der Waals surface area contributed by atoms with Crippen molar-refractivity contribution in [2.75, 3.05) is 24.6 Å². The van der Waals surface area contributed by atoms with E-state index in [9.17, 15) is 4.79 Å². The monoisotopic (exact) mass is 188 g/mol. The van der Waals surface area contributed by atoms with E-state index in [0.717, 1.165) is 12.5 Å². The second-order valence-electron chi connectivity index (χ2n) is 3.15. The van der Waals surface area contributed by atoms with Crippen molar-refractivity contribution in [3.63, 3.8) is 0 Å². The predicted molar refractivity (Wildman–Crippen MR) is 52.1 cm³/mol. The maximum Gasteiger partial charge on any atom is 0.231 e. The second-order valence-corrected chi connectivity index (χ2v) is 4.38. The van der Waals surface area contributed by atoms with Gasteiger partial charge < -0.3 is 11.1 Å². The summed E-state index contributed by atoms with van der Waals surface area (Å²) in [5.74, 6) is 3.03. The number of thioether (sulfide) groups is 1. The molecule has 1 amide bonds. The molecule has 0 aromatic carbocycles. The van der Waals surface area contributed by atoms with E-state index in [1.54, 1.807) is 0 Å². The Morgan fingerprint density at radius 3 is 2.75 bits per heavy atom. The molecule has 0 atom stereocenters. The maximum atomic E-state index is 10.4. The van der Waals surface area contributed by atoms with Crippen LogP contribution < -0.4 is 11.1 Å². The lowest BCUT2D eigenvalue weighted by molar-refractivity contribution is -0.117. The van der Waals surface area contributed by atoms with Crippen molar-refractivity contribution in [1.29, 1.82) is 0 Å². The van der Waals surface area contributed by atoms with E-state index in [-0.39, 0.29) is 5.91 Å². The van der Waals surface area contributed by atoms with Crippen molar-refractivity contribution >= 4 is 17.7 Å². The Balaban J connectivity index is 2.01. The van der Waals surface area contributed by atoms with Crippen LogP contribution >= 0.6 is 11.8 Å². The first-order valence-corrected chi connectivity index (χ1v) is 5.51. The first-order valence-electron chi connectivity index (χ1n) is 4.36. The zero-order chi connectivity index (χ0) is 8.81. The summed E-state index contributed by atoms with van der Waals surface area (Å²) >= 11 is 2.02. The smallest absolute Gasteiger partial charge is 0.231 e. The Labute approximate surface area is 77.5 Å². The average Bonchev–Trinajstić information content (AvgIpc) is 2.05. The molecule has 0 saturated carbocycles. The van der Waals surface area contributed by atoms with E-state index in [2.05, 4.69) is 5.32 Å². The summed E-state index contributed by atoms with van der Waals surface area (Å²) in [6.07, 6.45) is 2.55. The molecular formula is C8H16N2OS. The maximum absolute atomic E-state index is 10.4. The van der Waals surface area contributed by atoms with E-state index < -0.39 is 0 Å². The summed E-state index contributed by atoms with van der Waals surface area (Å²) < 4.78 is 0. The summed E-state index contributed by atoms with van der Waals surface area (Å²) in [5.41, 5.74) is 5.00. The first kappa shape index (κ1) is 9.86. The zero-order valence-electron chi connectivity index (χ0n) is 7.21. The lowest BCUT2D eigenvalue weighted by Crippen LogP contribution is -2.33. The summed E-state index contributed by atoms with van der Waals surface area (Å²) in [4.78, 5) is 10.4. The molecule has 70 valence electrons. The quantitative estimate of drug-likeness (QED) is 0.663. The Morgan fingerprint density at radius 2 is 2.17 bits per heavy atom. The Morgan fingerprint density at radius 1 is 1.50 bits per heavy atom. The predicted octanol–water partition coefficient (Wildman–Crippen LogP) is 0.204. The number of rotatable bonds is 4. The summed E-state index contributed by atoms with van der Waals surface area (Å²) in [7, 11) is 0. The summed E-state index contributed by atoms with van der Waals surface area (Å²) in [5, 5.41) is 3.07. The van der Waals surface area contributed by atoms with Crippen LogP contribution in [0.3, 0.4) is 0 Å². The fourth-order valence-electron chi connectivity index (χ4n) is 1.35. The van der Waals surface area contributed by atoms with Crippen LogP contribution in [0.2, 0.25) is 0 Å². The molecule has 4 heteroatoms. The lowest BCUT2D eigenvalue weighted by atomic mass is 10.0. The van der Waals surface area contributed by atoms with Gasteiger partial charge in [0.15, 0.2) is 0 Å². The van der Waals surface area contributed by atoms with Crippen LogP contribution in [0, 0.1) is 5.92 Å². The normalized spacial score (nSPS) is 19.3. The Kier molecular flexibility index (Phi) is 4.46. The van der Waals surface area contributed by atoms with Gasteiger partial charge in [0, 0.05) is 0 Å². The molecule has 1 aliphatic heterocycles. The minimum atomic E-state index is -0.264. The highest BCUT2D eigenvalue weighted by molar-refractivity contribution is 7.99. The van der Waals surface area contributed by atoms with Crippen LogP contribution in [0.1, 0.15) is 12.8 Å².